The van der Waals surface area contributed by atoms with Crippen molar-refractivity contribution in [3.05, 3.63) is 41.6 Å². The maximum atomic E-state index is 8.95. The summed E-state index contributed by atoms with van der Waals surface area (Å²) in [6, 6.07) is 9.69. The van der Waals surface area contributed by atoms with E-state index in [-0.39, 0.29) is 6.61 Å². The first-order valence-electron chi connectivity index (χ1n) is 9.45. The molecule has 1 saturated heterocycles. The van der Waals surface area contributed by atoms with Crippen LogP contribution in [0.4, 0.5) is 5.82 Å². The van der Waals surface area contributed by atoms with Gasteiger partial charge in [0.15, 0.2) is 0 Å². The highest BCUT2D eigenvalue weighted by Gasteiger charge is 2.25. The lowest BCUT2D eigenvalue weighted by Gasteiger charge is -2.37. The Morgan fingerprint density at radius 2 is 2.10 bits per heavy atom. The highest BCUT2D eigenvalue weighted by Crippen LogP contribution is 2.30. The van der Waals surface area contributed by atoms with Gasteiger partial charge in [0.2, 0.25) is 0 Å². The second kappa shape index (κ2) is 8.18. The van der Waals surface area contributed by atoms with Crippen molar-refractivity contribution in [3.8, 4) is 11.4 Å². The van der Waals surface area contributed by atoms with E-state index >= 15 is 0 Å². The zero-order chi connectivity index (χ0) is 20.4. The van der Waals surface area contributed by atoms with Crippen LogP contribution in [-0.2, 0) is 0 Å². The molecule has 0 amide bonds. The van der Waals surface area contributed by atoms with Gasteiger partial charge in [0.1, 0.15) is 23.3 Å². The number of aliphatic hydroxyl groups excluding tert-OH is 1. The van der Waals surface area contributed by atoms with E-state index in [2.05, 4.69) is 15.0 Å². The number of imidazole rings is 1. The number of anilines is 1. The van der Waals surface area contributed by atoms with Crippen molar-refractivity contribution in [2.45, 2.75) is 12.8 Å². The average molecular weight is 412 g/mol. The number of halogens is 1. The van der Waals surface area contributed by atoms with Crippen LogP contribution < -0.4 is 4.90 Å². The van der Waals surface area contributed by atoms with Gasteiger partial charge in [-0.05, 0) is 24.6 Å². The highest BCUT2D eigenvalue weighted by atomic mass is 35.5. The largest absolute Gasteiger partial charge is 0.396 e. The SMILES string of the molecule is N=C(CCCO)N1CCN(c2cc(-c3nc4ccccc4[nH]3)c(Cl)cn2)CC1=N. The summed E-state index contributed by atoms with van der Waals surface area (Å²) in [6.07, 6.45) is 2.61. The quantitative estimate of drug-likeness (QED) is 0.380. The lowest BCUT2D eigenvalue weighted by Crippen LogP contribution is -2.52. The minimum absolute atomic E-state index is 0.0505. The number of nitrogens with one attached hydrogen (secondary N) is 3. The molecular weight excluding hydrogens is 390 g/mol. The Morgan fingerprint density at radius 1 is 1.28 bits per heavy atom. The Balaban J connectivity index is 1.55. The summed E-state index contributed by atoms with van der Waals surface area (Å²) in [5.74, 6) is 2.12. The minimum Gasteiger partial charge on any atom is -0.396 e. The molecule has 0 bridgehead atoms. The standard InChI is InChI=1S/C20H22ClN7O/c21-14-11-24-19(10-13(14)20-25-15-4-1-2-5-16(15)26-20)27-7-8-28(18(23)12-27)17(22)6-3-9-29/h1-2,4-5,10-11,22-23,29H,3,6-9,12H2,(H,25,26). The summed E-state index contributed by atoms with van der Waals surface area (Å²) in [5, 5.41) is 25.9. The summed E-state index contributed by atoms with van der Waals surface area (Å²) in [7, 11) is 0. The molecule has 0 aliphatic carbocycles. The maximum absolute atomic E-state index is 8.95. The molecule has 29 heavy (non-hydrogen) atoms. The molecule has 0 saturated carbocycles. The number of hydrogen-bond donors (Lipinski definition) is 4. The number of amidine groups is 2. The molecule has 8 nitrogen and oxygen atoms in total. The van der Waals surface area contributed by atoms with Gasteiger partial charge < -0.3 is 19.9 Å². The third-order valence-corrected chi connectivity index (χ3v) is 5.27. The van der Waals surface area contributed by atoms with E-state index in [1.54, 1.807) is 11.1 Å². The lowest BCUT2D eigenvalue weighted by molar-refractivity contribution is 0.289. The average Bonchev–Trinajstić information content (AvgIpc) is 3.16. The lowest BCUT2D eigenvalue weighted by atomic mass is 10.2. The van der Waals surface area contributed by atoms with E-state index in [9.17, 15) is 0 Å². The molecule has 2 aromatic heterocycles. The van der Waals surface area contributed by atoms with Gasteiger partial charge in [-0.2, -0.15) is 0 Å². The van der Waals surface area contributed by atoms with E-state index in [0.29, 0.717) is 55.0 Å². The van der Waals surface area contributed by atoms with Gasteiger partial charge in [0.05, 0.1) is 22.6 Å². The van der Waals surface area contributed by atoms with Gasteiger partial charge >= 0.3 is 0 Å². The fraction of sp³-hybridized carbons (Fsp3) is 0.300. The molecular formula is C20H22ClN7O. The first kappa shape index (κ1) is 19.4. The summed E-state index contributed by atoms with van der Waals surface area (Å²) >= 11 is 6.40. The van der Waals surface area contributed by atoms with Gasteiger partial charge in [0.25, 0.3) is 0 Å². The molecule has 0 unspecified atom stereocenters. The van der Waals surface area contributed by atoms with E-state index < -0.39 is 0 Å². The predicted molar refractivity (Wildman–Crippen MR) is 115 cm³/mol. The van der Waals surface area contributed by atoms with Crippen LogP contribution in [0.15, 0.2) is 36.5 Å². The topological polar surface area (TPSA) is 116 Å². The number of fused-ring (bicyclic) bond motifs is 1. The van der Waals surface area contributed by atoms with Crippen molar-refractivity contribution in [2.75, 3.05) is 31.1 Å². The Hall–Kier alpha value is -2.97. The van der Waals surface area contributed by atoms with Crippen LogP contribution in [0.3, 0.4) is 0 Å². The van der Waals surface area contributed by atoms with Gasteiger partial charge in [-0.25, -0.2) is 9.97 Å². The number of pyridine rings is 1. The Labute approximate surface area is 173 Å². The number of aromatic nitrogens is 3. The van der Waals surface area contributed by atoms with Crippen molar-refractivity contribution in [3.63, 3.8) is 0 Å². The number of piperazine rings is 1. The number of hydrogen-bond acceptors (Lipinski definition) is 6. The summed E-state index contributed by atoms with van der Waals surface area (Å²) < 4.78 is 0. The zero-order valence-corrected chi connectivity index (χ0v) is 16.6. The second-order valence-electron chi connectivity index (χ2n) is 6.92. The van der Waals surface area contributed by atoms with Crippen LogP contribution >= 0.6 is 11.6 Å². The summed E-state index contributed by atoms with van der Waals surface area (Å²) in [6.45, 7) is 1.58. The van der Waals surface area contributed by atoms with E-state index in [4.69, 9.17) is 27.5 Å². The molecule has 4 N–H and O–H groups in total. The normalized spacial score (nSPS) is 14.6. The first-order valence-corrected chi connectivity index (χ1v) is 9.83. The van der Waals surface area contributed by atoms with Crippen molar-refractivity contribution >= 4 is 40.1 Å². The number of aromatic amines is 1. The van der Waals surface area contributed by atoms with E-state index in [1.165, 1.54) is 0 Å². The van der Waals surface area contributed by atoms with E-state index in [0.717, 1.165) is 22.4 Å². The predicted octanol–water partition coefficient (Wildman–Crippen LogP) is 3.13. The van der Waals surface area contributed by atoms with Crippen LogP contribution in [0.5, 0.6) is 0 Å². The molecule has 0 radical (unpaired) electrons. The van der Waals surface area contributed by atoms with Crippen molar-refractivity contribution in [2.24, 2.45) is 0 Å². The summed E-state index contributed by atoms with van der Waals surface area (Å²) in [5.41, 5.74) is 2.57. The third kappa shape index (κ3) is 3.94. The Kier molecular flexibility index (Phi) is 5.46. The molecule has 4 rings (SSSR count). The van der Waals surface area contributed by atoms with Crippen LogP contribution in [0.2, 0.25) is 5.02 Å². The van der Waals surface area contributed by atoms with Crippen LogP contribution in [0.25, 0.3) is 22.4 Å². The molecule has 1 aliphatic heterocycles. The number of H-pyrrole nitrogens is 1. The fourth-order valence-electron chi connectivity index (χ4n) is 3.44. The minimum atomic E-state index is 0.0505. The van der Waals surface area contributed by atoms with Crippen LogP contribution in [-0.4, -0.2) is 62.9 Å². The van der Waals surface area contributed by atoms with Crippen molar-refractivity contribution in [1.82, 2.24) is 19.9 Å². The number of rotatable bonds is 5. The summed E-state index contributed by atoms with van der Waals surface area (Å²) in [4.78, 5) is 16.1. The number of aliphatic hydroxyl groups is 1. The number of para-hydroxylation sites is 2. The Bertz CT molecular complexity index is 1030. The third-order valence-electron chi connectivity index (χ3n) is 4.97. The van der Waals surface area contributed by atoms with Gasteiger partial charge in [-0.15, -0.1) is 0 Å². The molecule has 0 atom stereocenters. The van der Waals surface area contributed by atoms with Crippen LogP contribution in [0.1, 0.15) is 12.8 Å². The van der Waals surface area contributed by atoms with Crippen LogP contribution in [0, 0.1) is 10.8 Å². The number of benzene rings is 1. The molecule has 1 aromatic carbocycles. The Morgan fingerprint density at radius 3 is 2.86 bits per heavy atom. The molecule has 1 aliphatic rings. The smallest absolute Gasteiger partial charge is 0.140 e. The van der Waals surface area contributed by atoms with Gasteiger partial charge in [0, 0.05) is 37.9 Å². The highest BCUT2D eigenvalue weighted by molar-refractivity contribution is 6.33. The molecule has 1 fully saturated rings. The molecule has 3 aromatic rings. The van der Waals surface area contributed by atoms with Crippen molar-refractivity contribution < 1.29 is 5.11 Å². The zero-order valence-electron chi connectivity index (χ0n) is 15.8. The molecule has 9 heteroatoms. The van der Waals surface area contributed by atoms with E-state index in [1.807, 2.05) is 35.2 Å². The molecule has 0 spiro atoms. The van der Waals surface area contributed by atoms with Gasteiger partial charge in [-0.1, -0.05) is 23.7 Å². The monoisotopic (exact) mass is 411 g/mol. The second-order valence-corrected chi connectivity index (χ2v) is 7.33. The molecule has 3 heterocycles. The van der Waals surface area contributed by atoms with Crippen molar-refractivity contribution in [1.29, 1.82) is 10.8 Å². The first-order chi connectivity index (χ1) is 14.1. The number of nitrogens with zero attached hydrogens (tertiary/aromatic N) is 4. The molecule has 150 valence electrons. The maximum Gasteiger partial charge on any atom is 0.140 e. The van der Waals surface area contributed by atoms with Gasteiger partial charge in [-0.3, -0.25) is 10.8 Å². The fourth-order valence-corrected chi connectivity index (χ4v) is 3.63.